The van der Waals surface area contributed by atoms with Gasteiger partial charge in [-0.15, -0.1) is 0 Å². The molecule has 1 aliphatic rings. The summed E-state index contributed by atoms with van der Waals surface area (Å²) in [6, 6.07) is 13.6. The van der Waals surface area contributed by atoms with Crippen molar-refractivity contribution in [1.29, 1.82) is 0 Å². The van der Waals surface area contributed by atoms with Crippen LogP contribution in [0, 0.1) is 13.8 Å². The summed E-state index contributed by atoms with van der Waals surface area (Å²) in [5.41, 5.74) is 4.26. The number of aliphatic imine (C=N–C) groups is 1. The Balaban J connectivity index is 1.95. The number of carbonyl (C=O) groups is 1. The summed E-state index contributed by atoms with van der Waals surface area (Å²) in [6.45, 7) is 4.01. The van der Waals surface area contributed by atoms with Gasteiger partial charge in [-0.25, -0.2) is 9.79 Å². The molecule has 110 valence electrons. The molecule has 3 rings (SSSR count). The Hall–Kier alpha value is -2.20. The highest BCUT2D eigenvalue weighted by Gasteiger charge is 2.24. The van der Waals surface area contributed by atoms with Crippen molar-refractivity contribution in [3.63, 3.8) is 0 Å². The Bertz CT molecular complexity index is 784. The standard InChI is InChI=1S/C18H14BrNO2/c1-11-7-12(2)9-14(8-11)17-20-16(18(21)22-17)10-13-3-5-15(19)6-4-13/h3-10H,1-2H3. The molecule has 0 fully saturated rings. The van der Waals surface area contributed by atoms with E-state index >= 15 is 0 Å². The second kappa shape index (κ2) is 5.89. The summed E-state index contributed by atoms with van der Waals surface area (Å²) in [7, 11) is 0. The van der Waals surface area contributed by atoms with Crippen molar-refractivity contribution in [2.75, 3.05) is 0 Å². The largest absolute Gasteiger partial charge is 0.402 e. The van der Waals surface area contributed by atoms with Crippen LogP contribution in [0.1, 0.15) is 22.3 Å². The molecule has 4 heteroatoms. The Morgan fingerprint density at radius 1 is 1.05 bits per heavy atom. The molecule has 0 saturated heterocycles. The Morgan fingerprint density at radius 3 is 2.32 bits per heavy atom. The van der Waals surface area contributed by atoms with Crippen LogP contribution in [0.25, 0.3) is 6.08 Å². The zero-order valence-corrected chi connectivity index (χ0v) is 13.8. The van der Waals surface area contributed by atoms with E-state index in [9.17, 15) is 4.79 Å². The van der Waals surface area contributed by atoms with Gasteiger partial charge in [0.2, 0.25) is 5.90 Å². The molecule has 0 N–H and O–H groups in total. The molecule has 1 heterocycles. The number of hydrogen-bond acceptors (Lipinski definition) is 3. The van der Waals surface area contributed by atoms with Crippen LogP contribution in [0.4, 0.5) is 0 Å². The van der Waals surface area contributed by atoms with Gasteiger partial charge in [0, 0.05) is 10.0 Å². The first-order chi connectivity index (χ1) is 10.5. The molecule has 0 unspecified atom stereocenters. The third-order valence-electron chi connectivity index (χ3n) is 3.26. The van der Waals surface area contributed by atoms with Gasteiger partial charge in [0.15, 0.2) is 5.70 Å². The molecule has 0 aromatic heterocycles. The second-order valence-corrected chi connectivity index (χ2v) is 6.18. The first-order valence-corrected chi connectivity index (χ1v) is 7.67. The molecule has 0 radical (unpaired) electrons. The first-order valence-electron chi connectivity index (χ1n) is 6.88. The number of aryl methyl sites for hydroxylation is 2. The van der Waals surface area contributed by atoms with E-state index < -0.39 is 5.97 Å². The van der Waals surface area contributed by atoms with E-state index in [1.165, 1.54) is 0 Å². The fourth-order valence-electron chi connectivity index (χ4n) is 2.35. The van der Waals surface area contributed by atoms with Crippen molar-refractivity contribution in [3.8, 4) is 0 Å². The molecule has 0 spiro atoms. The number of halogens is 1. The van der Waals surface area contributed by atoms with Crippen LogP contribution in [0.2, 0.25) is 0 Å². The number of benzene rings is 2. The molecular formula is C18H14BrNO2. The Morgan fingerprint density at radius 2 is 1.68 bits per heavy atom. The third-order valence-corrected chi connectivity index (χ3v) is 3.79. The highest BCUT2D eigenvalue weighted by Crippen LogP contribution is 2.21. The van der Waals surface area contributed by atoms with E-state index in [-0.39, 0.29) is 0 Å². The number of ether oxygens (including phenoxy) is 1. The molecule has 3 nitrogen and oxygen atoms in total. The summed E-state index contributed by atoms with van der Waals surface area (Å²) in [5, 5.41) is 0. The van der Waals surface area contributed by atoms with E-state index in [4.69, 9.17) is 4.74 Å². The summed E-state index contributed by atoms with van der Waals surface area (Å²) < 4.78 is 6.29. The van der Waals surface area contributed by atoms with E-state index in [1.807, 2.05) is 50.2 Å². The molecule has 22 heavy (non-hydrogen) atoms. The predicted molar refractivity (Wildman–Crippen MR) is 90.7 cm³/mol. The normalized spacial score (nSPS) is 15.9. The van der Waals surface area contributed by atoms with E-state index in [2.05, 4.69) is 27.0 Å². The molecule has 0 atom stereocenters. The molecule has 0 saturated carbocycles. The quantitative estimate of drug-likeness (QED) is 0.591. The minimum absolute atomic E-state index is 0.316. The smallest absolute Gasteiger partial charge is 0.363 e. The number of carbonyl (C=O) groups excluding carboxylic acids is 1. The lowest BCUT2D eigenvalue weighted by atomic mass is 10.1. The summed E-state index contributed by atoms with van der Waals surface area (Å²) in [4.78, 5) is 16.3. The highest BCUT2D eigenvalue weighted by atomic mass is 79.9. The van der Waals surface area contributed by atoms with Gasteiger partial charge >= 0.3 is 5.97 Å². The lowest BCUT2D eigenvalue weighted by molar-refractivity contribution is -0.129. The van der Waals surface area contributed by atoms with Crippen LogP contribution in [-0.4, -0.2) is 11.9 Å². The zero-order chi connectivity index (χ0) is 15.7. The van der Waals surface area contributed by atoms with Crippen molar-refractivity contribution in [2.45, 2.75) is 13.8 Å². The molecule has 1 aliphatic heterocycles. The van der Waals surface area contributed by atoms with Gasteiger partial charge in [0.05, 0.1) is 0 Å². The predicted octanol–water partition coefficient (Wildman–Crippen LogP) is 4.41. The van der Waals surface area contributed by atoms with Crippen molar-refractivity contribution in [3.05, 3.63) is 74.9 Å². The fourth-order valence-corrected chi connectivity index (χ4v) is 2.61. The topological polar surface area (TPSA) is 38.7 Å². The average Bonchev–Trinajstić information content (AvgIpc) is 2.82. The summed E-state index contributed by atoms with van der Waals surface area (Å²) in [6.07, 6.45) is 1.73. The number of esters is 1. The van der Waals surface area contributed by atoms with Crippen molar-refractivity contribution in [2.24, 2.45) is 4.99 Å². The highest BCUT2D eigenvalue weighted by molar-refractivity contribution is 9.10. The second-order valence-electron chi connectivity index (χ2n) is 5.26. The minimum atomic E-state index is -0.419. The zero-order valence-electron chi connectivity index (χ0n) is 12.3. The van der Waals surface area contributed by atoms with E-state index in [0.717, 1.165) is 26.7 Å². The monoisotopic (exact) mass is 355 g/mol. The van der Waals surface area contributed by atoms with Gasteiger partial charge in [0.1, 0.15) is 0 Å². The van der Waals surface area contributed by atoms with Crippen LogP contribution >= 0.6 is 15.9 Å². The fraction of sp³-hybridized carbons (Fsp3) is 0.111. The van der Waals surface area contributed by atoms with Gasteiger partial charge in [-0.2, -0.15) is 0 Å². The molecule has 2 aromatic rings. The van der Waals surface area contributed by atoms with Gasteiger partial charge in [-0.3, -0.25) is 0 Å². The SMILES string of the molecule is Cc1cc(C)cc(C2=NC(=Cc3ccc(Br)cc3)C(=O)O2)c1. The lowest BCUT2D eigenvalue weighted by Crippen LogP contribution is -2.05. The molecule has 0 amide bonds. The molecule has 2 aromatic carbocycles. The van der Waals surface area contributed by atoms with E-state index in [1.54, 1.807) is 6.08 Å². The van der Waals surface area contributed by atoms with Gasteiger partial charge in [-0.1, -0.05) is 45.3 Å². The van der Waals surface area contributed by atoms with Crippen LogP contribution in [-0.2, 0) is 9.53 Å². The van der Waals surface area contributed by atoms with Crippen molar-refractivity contribution >= 4 is 33.9 Å². The van der Waals surface area contributed by atoms with Gasteiger partial charge < -0.3 is 4.74 Å². The number of cyclic esters (lactones) is 1. The Kier molecular flexibility index (Phi) is 3.94. The maximum Gasteiger partial charge on any atom is 0.363 e. The molecule has 0 aliphatic carbocycles. The van der Waals surface area contributed by atoms with Crippen LogP contribution in [0.15, 0.2) is 57.6 Å². The van der Waals surface area contributed by atoms with Gasteiger partial charge in [-0.05, 0) is 49.8 Å². The third kappa shape index (κ3) is 3.17. The average molecular weight is 356 g/mol. The number of rotatable bonds is 2. The van der Waals surface area contributed by atoms with Crippen molar-refractivity contribution < 1.29 is 9.53 Å². The maximum atomic E-state index is 12.0. The first kappa shape index (κ1) is 14.7. The molecule has 0 bridgehead atoms. The van der Waals surface area contributed by atoms with Crippen molar-refractivity contribution in [1.82, 2.24) is 0 Å². The Labute approximate surface area is 137 Å². The maximum absolute atomic E-state index is 12.0. The van der Waals surface area contributed by atoms with Crippen LogP contribution in [0.3, 0.4) is 0 Å². The van der Waals surface area contributed by atoms with E-state index in [0.29, 0.717) is 11.6 Å². The molecular weight excluding hydrogens is 342 g/mol. The van der Waals surface area contributed by atoms with Crippen LogP contribution in [0.5, 0.6) is 0 Å². The summed E-state index contributed by atoms with van der Waals surface area (Å²) >= 11 is 3.38. The number of hydrogen-bond donors (Lipinski definition) is 0. The number of nitrogens with zero attached hydrogens (tertiary/aromatic N) is 1. The lowest BCUT2D eigenvalue weighted by Gasteiger charge is -2.03. The minimum Gasteiger partial charge on any atom is -0.402 e. The summed E-state index contributed by atoms with van der Waals surface area (Å²) in [5.74, 6) is -0.0581. The van der Waals surface area contributed by atoms with Crippen LogP contribution < -0.4 is 0 Å². The van der Waals surface area contributed by atoms with Gasteiger partial charge in [0.25, 0.3) is 0 Å².